The van der Waals surface area contributed by atoms with Gasteiger partial charge in [-0.3, -0.25) is 0 Å². The predicted molar refractivity (Wildman–Crippen MR) is 55.1 cm³/mol. The molecule has 1 aliphatic heterocycles. The van der Waals surface area contributed by atoms with Gasteiger partial charge in [0.25, 0.3) is 0 Å². The van der Waals surface area contributed by atoms with Gasteiger partial charge in [0.05, 0.1) is 0 Å². The Labute approximate surface area is 84.2 Å². The van der Waals surface area contributed by atoms with E-state index in [2.05, 4.69) is 29.0 Å². The zero-order chi connectivity index (χ0) is 9.10. The Morgan fingerprint density at radius 3 is 2.92 bits per heavy atom. The number of nitrogens with zero attached hydrogens (tertiary/aromatic N) is 1. The van der Waals surface area contributed by atoms with E-state index < -0.39 is 0 Å². The van der Waals surface area contributed by atoms with E-state index in [1.54, 1.807) is 0 Å². The van der Waals surface area contributed by atoms with Crippen molar-refractivity contribution in [1.82, 2.24) is 0 Å². The van der Waals surface area contributed by atoms with Gasteiger partial charge in [-0.05, 0) is 0 Å². The Bertz CT molecular complexity index is 335. The summed E-state index contributed by atoms with van der Waals surface area (Å²) in [7, 11) is 0. The summed E-state index contributed by atoms with van der Waals surface area (Å²) in [5, 5.41) is 0. The van der Waals surface area contributed by atoms with Crippen LogP contribution < -0.4 is 4.46 Å². The van der Waals surface area contributed by atoms with Crippen LogP contribution in [0.2, 0.25) is 5.82 Å². The molecule has 0 aliphatic carbocycles. The molecule has 0 unspecified atom stereocenters. The average Bonchev–Trinajstić information content (AvgIpc) is 2.70. The Balaban J connectivity index is 2.38. The van der Waals surface area contributed by atoms with Crippen molar-refractivity contribution in [2.75, 3.05) is 13.2 Å². The Hall–Kier alpha value is -0.791. The van der Waals surface area contributed by atoms with E-state index in [-0.39, 0.29) is 0 Å². The van der Waals surface area contributed by atoms with Crippen molar-refractivity contribution in [3.63, 3.8) is 0 Å². The van der Waals surface area contributed by atoms with Gasteiger partial charge in [0, 0.05) is 0 Å². The summed E-state index contributed by atoms with van der Waals surface area (Å²) in [6, 6.07) is 8.35. The molecule has 68 valence electrons. The Morgan fingerprint density at radius 2 is 2.23 bits per heavy atom. The summed E-state index contributed by atoms with van der Waals surface area (Å²) in [6.07, 6.45) is 0. The fourth-order valence-corrected chi connectivity index (χ4v) is 2.56. The number of ether oxygens (including phenoxy) is 1. The van der Waals surface area contributed by atoms with Crippen LogP contribution in [0.4, 0.5) is 0 Å². The molecule has 2 nitrogen and oxygen atoms in total. The first-order chi connectivity index (χ1) is 6.42. The van der Waals surface area contributed by atoms with E-state index in [4.69, 9.17) is 4.74 Å². The molecule has 0 fully saturated rings. The molecule has 0 amide bonds. The third kappa shape index (κ3) is 1.76. The first-order valence-electron chi connectivity index (χ1n) is 4.22. The second-order valence-electron chi connectivity index (χ2n) is 2.74. The quantitative estimate of drug-likeness (QED) is 0.702. The van der Waals surface area contributed by atoms with Gasteiger partial charge in [-0.1, -0.05) is 0 Å². The molecule has 0 spiro atoms. The Kier molecular flexibility index (Phi) is 2.67. The maximum atomic E-state index is 5.44. The molecule has 13 heavy (non-hydrogen) atoms. The molecule has 0 N–H and O–H groups in total. The predicted octanol–water partition coefficient (Wildman–Crippen LogP) is 0.841. The van der Waals surface area contributed by atoms with Crippen LogP contribution in [0.25, 0.3) is 0 Å². The molecule has 0 saturated heterocycles. The van der Waals surface area contributed by atoms with Gasteiger partial charge < -0.3 is 0 Å². The molecule has 0 aromatic heterocycles. The third-order valence-corrected chi connectivity index (χ3v) is 3.59. The number of aliphatic imine (C=N–C) groups is 1. The maximum absolute atomic E-state index is 5.44. The second kappa shape index (κ2) is 3.95. The van der Waals surface area contributed by atoms with Crippen molar-refractivity contribution in [2.24, 2.45) is 4.99 Å². The van der Waals surface area contributed by atoms with E-state index in [9.17, 15) is 0 Å². The molecular weight excluding hydrogens is 229 g/mol. The van der Waals surface area contributed by atoms with Crippen molar-refractivity contribution in [2.45, 2.75) is 5.82 Å². The number of hydrogen-bond acceptors (Lipinski definition) is 2. The van der Waals surface area contributed by atoms with Crippen LogP contribution in [0.5, 0.6) is 0 Å². The van der Waals surface area contributed by atoms with E-state index in [0.717, 1.165) is 19.0 Å². The summed E-state index contributed by atoms with van der Waals surface area (Å²) in [5.41, 5.74) is 1.18. The van der Waals surface area contributed by atoms with Crippen molar-refractivity contribution in [1.29, 1.82) is 0 Å². The van der Waals surface area contributed by atoms with Gasteiger partial charge in [-0.15, -0.1) is 0 Å². The van der Waals surface area contributed by atoms with Gasteiger partial charge in [-0.2, -0.15) is 0 Å². The van der Waals surface area contributed by atoms with Crippen LogP contribution in [0.1, 0.15) is 5.56 Å². The topological polar surface area (TPSA) is 21.6 Å². The molecule has 1 aromatic carbocycles. The summed E-state index contributed by atoms with van der Waals surface area (Å²) in [5.74, 6) is 3.04. The number of hydrogen-bond donors (Lipinski definition) is 0. The van der Waals surface area contributed by atoms with Crippen molar-refractivity contribution in [3.8, 4) is 0 Å². The minimum absolute atomic E-state index is 0.505. The SMILES string of the molecule is C[Se]c1ccccc1C1=NCCO1. The van der Waals surface area contributed by atoms with Gasteiger partial charge in [-0.25, -0.2) is 0 Å². The zero-order valence-electron chi connectivity index (χ0n) is 7.49. The molecule has 3 heteroatoms. The van der Waals surface area contributed by atoms with E-state index in [1.165, 1.54) is 10.0 Å². The molecule has 2 rings (SSSR count). The first-order valence-corrected chi connectivity index (χ1v) is 6.79. The third-order valence-electron chi connectivity index (χ3n) is 1.92. The van der Waals surface area contributed by atoms with Crippen LogP contribution >= 0.6 is 0 Å². The van der Waals surface area contributed by atoms with E-state index in [0.29, 0.717) is 15.0 Å². The van der Waals surface area contributed by atoms with Crippen molar-refractivity contribution in [3.05, 3.63) is 29.8 Å². The van der Waals surface area contributed by atoms with Gasteiger partial charge in [0.15, 0.2) is 0 Å². The minimum atomic E-state index is 0.505. The average molecular weight is 240 g/mol. The fourth-order valence-electron chi connectivity index (χ4n) is 1.32. The van der Waals surface area contributed by atoms with Crippen LogP contribution in [-0.4, -0.2) is 34.0 Å². The van der Waals surface area contributed by atoms with Crippen LogP contribution in [0, 0.1) is 0 Å². The van der Waals surface area contributed by atoms with Gasteiger partial charge in [0.2, 0.25) is 0 Å². The van der Waals surface area contributed by atoms with Crippen LogP contribution in [0.15, 0.2) is 29.3 Å². The number of benzene rings is 1. The summed E-state index contributed by atoms with van der Waals surface area (Å²) in [4.78, 5) is 4.32. The molecule has 0 radical (unpaired) electrons. The normalized spacial score (nSPS) is 15.3. The standard InChI is InChI=1S/C10H11NOSe/c1-13-9-5-3-2-4-8(9)10-11-6-7-12-10/h2-5H,6-7H2,1H3. The molecule has 0 saturated carbocycles. The fraction of sp³-hybridized carbons (Fsp3) is 0.300. The molecule has 1 aliphatic rings. The van der Waals surface area contributed by atoms with Crippen LogP contribution in [-0.2, 0) is 4.74 Å². The van der Waals surface area contributed by atoms with Gasteiger partial charge >= 0.3 is 83.8 Å². The zero-order valence-corrected chi connectivity index (χ0v) is 9.20. The van der Waals surface area contributed by atoms with E-state index in [1.807, 2.05) is 6.07 Å². The second-order valence-corrected chi connectivity index (χ2v) is 4.51. The molecule has 0 atom stereocenters. The van der Waals surface area contributed by atoms with Crippen LogP contribution in [0.3, 0.4) is 0 Å². The van der Waals surface area contributed by atoms with Crippen molar-refractivity contribution >= 4 is 25.3 Å². The van der Waals surface area contributed by atoms with E-state index >= 15 is 0 Å². The number of rotatable bonds is 2. The summed E-state index contributed by atoms with van der Waals surface area (Å²) < 4.78 is 6.81. The molecule has 1 aromatic rings. The summed E-state index contributed by atoms with van der Waals surface area (Å²) >= 11 is 0.505. The first kappa shape index (κ1) is 8.79. The van der Waals surface area contributed by atoms with Gasteiger partial charge in [0.1, 0.15) is 0 Å². The molecular formula is C10H11NOSe. The summed E-state index contributed by atoms with van der Waals surface area (Å²) in [6.45, 7) is 1.54. The monoisotopic (exact) mass is 241 g/mol. The molecule has 1 heterocycles. The van der Waals surface area contributed by atoms with Crippen molar-refractivity contribution < 1.29 is 4.74 Å². The molecule has 0 bridgehead atoms. The Morgan fingerprint density at radius 1 is 1.38 bits per heavy atom.